The van der Waals surface area contributed by atoms with E-state index >= 15 is 0 Å². The second-order valence-corrected chi connectivity index (χ2v) is 4.47. The van der Waals surface area contributed by atoms with Gasteiger partial charge in [0.15, 0.2) is 6.04 Å². The molecule has 1 unspecified atom stereocenters. The van der Waals surface area contributed by atoms with Crippen LogP contribution in [0.25, 0.3) is 0 Å². The Morgan fingerprint density at radius 3 is 2.55 bits per heavy atom. The van der Waals surface area contributed by atoms with Crippen molar-refractivity contribution in [3.8, 4) is 5.75 Å². The summed E-state index contributed by atoms with van der Waals surface area (Å²) in [4.78, 5) is 24.4. The van der Waals surface area contributed by atoms with Crippen molar-refractivity contribution >= 4 is 11.9 Å². The van der Waals surface area contributed by atoms with Crippen LogP contribution >= 0.6 is 0 Å². The van der Waals surface area contributed by atoms with E-state index in [9.17, 15) is 14.7 Å². The zero-order valence-electron chi connectivity index (χ0n) is 12.1. The molecule has 0 bridgehead atoms. The first kappa shape index (κ1) is 16.0. The van der Waals surface area contributed by atoms with Gasteiger partial charge >= 0.3 is 5.97 Å². The summed E-state index contributed by atoms with van der Waals surface area (Å²) in [5.41, 5.74) is 0.545. The number of carbonyl (C=O) groups excluding carboxylic acids is 1. The zero-order valence-corrected chi connectivity index (χ0v) is 12.1. The van der Waals surface area contributed by atoms with E-state index in [0.717, 1.165) is 6.42 Å². The van der Waals surface area contributed by atoms with Gasteiger partial charge in [-0.15, -0.1) is 0 Å². The molecule has 0 spiro atoms. The topological polar surface area (TPSA) is 66.8 Å². The lowest BCUT2D eigenvalue weighted by Crippen LogP contribution is -2.37. The molecule has 1 rings (SSSR count). The van der Waals surface area contributed by atoms with Crippen molar-refractivity contribution in [2.24, 2.45) is 0 Å². The Morgan fingerprint density at radius 2 is 2.05 bits per heavy atom. The van der Waals surface area contributed by atoms with E-state index in [2.05, 4.69) is 0 Å². The third-order valence-electron chi connectivity index (χ3n) is 2.94. The van der Waals surface area contributed by atoms with Crippen LogP contribution in [-0.2, 0) is 9.59 Å². The van der Waals surface area contributed by atoms with E-state index in [-0.39, 0.29) is 5.91 Å². The van der Waals surface area contributed by atoms with Crippen LogP contribution in [0, 0.1) is 0 Å². The highest BCUT2D eigenvalue weighted by molar-refractivity contribution is 5.83. The first-order valence-corrected chi connectivity index (χ1v) is 6.74. The third kappa shape index (κ3) is 3.98. The summed E-state index contributed by atoms with van der Waals surface area (Å²) >= 11 is 0. The fourth-order valence-corrected chi connectivity index (χ4v) is 2.04. The van der Waals surface area contributed by atoms with Crippen LogP contribution in [0.1, 0.15) is 38.8 Å². The predicted octanol–water partition coefficient (Wildman–Crippen LogP) is 2.47. The van der Waals surface area contributed by atoms with Gasteiger partial charge in [-0.25, -0.2) is 4.79 Å². The number of amides is 1. The SMILES string of the molecule is CCCOc1cccc(C(C(=O)O)N(CC)C(C)=O)c1. The molecule has 1 atom stereocenters. The zero-order chi connectivity index (χ0) is 15.1. The molecule has 0 heterocycles. The Kier molecular flexibility index (Phi) is 6.03. The van der Waals surface area contributed by atoms with Gasteiger partial charge in [0.25, 0.3) is 0 Å². The summed E-state index contributed by atoms with van der Waals surface area (Å²) in [7, 11) is 0. The van der Waals surface area contributed by atoms with Gasteiger partial charge in [0, 0.05) is 13.5 Å². The van der Waals surface area contributed by atoms with Crippen LogP contribution in [0.4, 0.5) is 0 Å². The summed E-state index contributed by atoms with van der Waals surface area (Å²) in [6.45, 7) is 6.04. The van der Waals surface area contributed by atoms with E-state index in [1.54, 1.807) is 31.2 Å². The van der Waals surface area contributed by atoms with Crippen molar-refractivity contribution in [2.45, 2.75) is 33.2 Å². The van der Waals surface area contributed by atoms with Gasteiger partial charge < -0.3 is 14.7 Å². The molecule has 5 nitrogen and oxygen atoms in total. The average molecular weight is 279 g/mol. The monoisotopic (exact) mass is 279 g/mol. The Balaban J connectivity index is 3.08. The Bertz CT molecular complexity index is 473. The highest BCUT2D eigenvalue weighted by Crippen LogP contribution is 2.25. The fourth-order valence-electron chi connectivity index (χ4n) is 2.04. The number of aliphatic carboxylic acids is 1. The molecule has 5 heteroatoms. The number of ether oxygens (including phenoxy) is 1. The number of likely N-dealkylation sites (N-methyl/N-ethyl adjacent to an activating group) is 1. The van der Waals surface area contributed by atoms with E-state index in [0.29, 0.717) is 24.5 Å². The fraction of sp³-hybridized carbons (Fsp3) is 0.467. The Morgan fingerprint density at radius 1 is 1.35 bits per heavy atom. The summed E-state index contributed by atoms with van der Waals surface area (Å²) < 4.78 is 5.50. The largest absolute Gasteiger partial charge is 0.494 e. The molecule has 1 aromatic rings. The molecule has 1 aromatic carbocycles. The van der Waals surface area contributed by atoms with Crippen LogP contribution in [-0.4, -0.2) is 35.0 Å². The molecule has 0 aliphatic carbocycles. The predicted molar refractivity (Wildman–Crippen MR) is 75.7 cm³/mol. The molecule has 110 valence electrons. The summed E-state index contributed by atoms with van der Waals surface area (Å²) in [6, 6.07) is 5.91. The highest BCUT2D eigenvalue weighted by atomic mass is 16.5. The van der Waals surface area contributed by atoms with Gasteiger partial charge in [-0.05, 0) is 31.0 Å². The maximum Gasteiger partial charge on any atom is 0.331 e. The van der Waals surface area contributed by atoms with E-state index in [1.165, 1.54) is 11.8 Å². The van der Waals surface area contributed by atoms with Gasteiger partial charge in [-0.2, -0.15) is 0 Å². The molecular formula is C15H21NO4. The van der Waals surface area contributed by atoms with Crippen molar-refractivity contribution in [3.05, 3.63) is 29.8 Å². The first-order valence-electron chi connectivity index (χ1n) is 6.74. The van der Waals surface area contributed by atoms with Gasteiger partial charge in [0.2, 0.25) is 5.91 Å². The average Bonchev–Trinajstić information content (AvgIpc) is 2.41. The van der Waals surface area contributed by atoms with E-state index in [1.807, 2.05) is 6.92 Å². The third-order valence-corrected chi connectivity index (χ3v) is 2.94. The van der Waals surface area contributed by atoms with Crippen molar-refractivity contribution in [3.63, 3.8) is 0 Å². The molecule has 0 radical (unpaired) electrons. The summed E-state index contributed by atoms with van der Waals surface area (Å²) in [5.74, 6) is -0.690. The number of carboxylic acids is 1. The lowest BCUT2D eigenvalue weighted by molar-refractivity contribution is -0.149. The number of carboxylic acid groups (broad SMARTS) is 1. The molecule has 1 N–H and O–H groups in total. The molecular weight excluding hydrogens is 258 g/mol. The number of hydrogen-bond acceptors (Lipinski definition) is 3. The molecule has 0 aromatic heterocycles. The minimum absolute atomic E-state index is 0.264. The van der Waals surface area contributed by atoms with Gasteiger partial charge in [-0.1, -0.05) is 19.1 Å². The van der Waals surface area contributed by atoms with Crippen LogP contribution in [0.5, 0.6) is 5.75 Å². The molecule has 0 fully saturated rings. The van der Waals surface area contributed by atoms with Crippen LogP contribution < -0.4 is 4.74 Å². The molecule has 20 heavy (non-hydrogen) atoms. The standard InChI is InChI=1S/C15H21NO4/c1-4-9-20-13-8-6-7-12(10-13)14(15(18)19)16(5-2)11(3)17/h6-8,10,14H,4-5,9H2,1-3H3,(H,18,19). The van der Waals surface area contributed by atoms with Crippen molar-refractivity contribution in [2.75, 3.05) is 13.2 Å². The second kappa shape index (κ2) is 7.53. The lowest BCUT2D eigenvalue weighted by atomic mass is 10.0. The van der Waals surface area contributed by atoms with Gasteiger partial charge in [0.1, 0.15) is 5.75 Å². The number of benzene rings is 1. The smallest absolute Gasteiger partial charge is 0.331 e. The molecule has 0 saturated carbocycles. The van der Waals surface area contributed by atoms with E-state index < -0.39 is 12.0 Å². The molecule has 0 aliphatic rings. The normalized spacial score (nSPS) is 11.8. The quantitative estimate of drug-likeness (QED) is 0.832. The van der Waals surface area contributed by atoms with Gasteiger partial charge in [0.05, 0.1) is 6.61 Å². The first-order chi connectivity index (χ1) is 9.51. The number of hydrogen-bond donors (Lipinski definition) is 1. The highest BCUT2D eigenvalue weighted by Gasteiger charge is 2.28. The number of nitrogens with zero attached hydrogens (tertiary/aromatic N) is 1. The van der Waals surface area contributed by atoms with Crippen LogP contribution in [0.3, 0.4) is 0 Å². The second-order valence-electron chi connectivity index (χ2n) is 4.47. The molecule has 0 aliphatic heterocycles. The molecule has 1 amide bonds. The van der Waals surface area contributed by atoms with Crippen molar-refractivity contribution in [1.82, 2.24) is 4.90 Å². The minimum Gasteiger partial charge on any atom is -0.494 e. The minimum atomic E-state index is -1.05. The lowest BCUT2D eigenvalue weighted by Gasteiger charge is -2.27. The summed E-state index contributed by atoms with van der Waals surface area (Å²) in [5, 5.41) is 9.41. The maximum atomic E-state index is 11.6. The van der Waals surface area contributed by atoms with Gasteiger partial charge in [-0.3, -0.25) is 4.79 Å². The van der Waals surface area contributed by atoms with Crippen molar-refractivity contribution in [1.29, 1.82) is 0 Å². The molecule has 0 saturated heterocycles. The Hall–Kier alpha value is -2.04. The van der Waals surface area contributed by atoms with Crippen LogP contribution in [0.15, 0.2) is 24.3 Å². The summed E-state index contributed by atoms with van der Waals surface area (Å²) in [6.07, 6.45) is 0.876. The maximum absolute atomic E-state index is 11.6. The van der Waals surface area contributed by atoms with Crippen LogP contribution in [0.2, 0.25) is 0 Å². The number of rotatable bonds is 7. The van der Waals surface area contributed by atoms with E-state index in [4.69, 9.17) is 4.74 Å². The number of carbonyl (C=O) groups is 2. The van der Waals surface area contributed by atoms with Crippen molar-refractivity contribution < 1.29 is 19.4 Å². The Labute approximate surface area is 119 Å².